The van der Waals surface area contributed by atoms with E-state index in [0.29, 0.717) is 5.56 Å². The third-order valence-corrected chi connectivity index (χ3v) is 5.86. The topological polar surface area (TPSA) is 67.2 Å². The van der Waals surface area contributed by atoms with Crippen LogP contribution in [0.3, 0.4) is 0 Å². The van der Waals surface area contributed by atoms with Gasteiger partial charge in [0.2, 0.25) is 0 Å². The van der Waals surface area contributed by atoms with Crippen LogP contribution in [0.4, 0.5) is 0 Å². The van der Waals surface area contributed by atoms with E-state index in [4.69, 9.17) is 0 Å². The van der Waals surface area contributed by atoms with Gasteiger partial charge in [-0.05, 0) is 26.8 Å². The van der Waals surface area contributed by atoms with Gasteiger partial charge in [0.25, 0.3) is 5.91 Å². The molecule has 7 nitrogen and oxygen atoms in total. The molecule has 8 heteroatoms. The van der Waals surface area contributed by atoms with Crippen molar-refractivity contribution in [3.8, 4) is 0 Å². The lowest BCUT2D eigenvalue weighted by molar-refractivity contribution is 0.0629. The number of rotatable bonds is 3. The molecule has 0 spiro atoms. The van der Waals surface area contributed by atoms with E-state index in [9.17, 15) is 4.79 Å². The highest BCUT2D eigenvalue weighted by atomic mass is 32.1. The summed E-state index contributed by atoms with van der Waals surface area (Å²) < 4.78 is 1.75. The highest BCUT2D eigenvalue weighted by molar-refractivity contribution is 7.09. The lowest BCUT2D eigenvalue weighted by atomic mass is 10.1. The standard InChI is InChI=1S/C19H24N6OS/c1-12-9-16(17-13(2)22-23(4)18(17)20-12)19(26)25-7-5-24(6-8-25)10-15-11-27-14(3)21-15/h9,11H,5-8,10H2,1-4H3. The van der Waals surface area contributed by atoms with Gasteiger partial charge < -0.3 is 4.90 Å². The number of hydrogen-bond acceptors (Lipinski definition) is 6. The molecule has 27 heavy (non-hydrogen) atoms. The molecular weight excluding hydrogens is 360 g/mol. The number of carbonyl (C=O) groups excluding carboxylic acids is 1. The predicted molar refractivity (Wildman–Crippen MR) is 106 cm³/mol. The van der Waals surface area contributed by atoms with E-state index in [-0.39, 0.29) is 5.91 Å². The maximum Gasteiger partial charge on any atom is 0.254 e. The summed E-state index contributed by atoms with van der Waals surface area (Å²) in [4.78, 5) is 26.6. The SMILES string of the molecule is Cc1cc(C(=O)N2CCN(Cc3csc(C)n3)CC2)c2c(C)nn(C)c2n1. The zero-order valence-electron chi connectivity index (χ0n) is 16.2. The Balaban J connectivity index is 1.51. The Labute approximate surface area is 162 Å². The van der Waals surface area contributed by atoms with Crippen LogP contribution in [0.2, 0.25) is 0 Å². The number of amides is 1. The summed E-state index contributed by atoms with van der Waals surface area (Å²) in [6.07, 6.45) is 0. The Bertz CT molecular complexity index is 999. The van der Waals surface area contributed by atoms with Crippen LogP contribution >= 0.6 is 11.3 Å². The summed E-state index contributed by atoms with van der Waals surface area (Å²) in [5, 5.41) is 8.54. The van der Waals surface area contributed by atoms with Gasteiger partial charge in [-0.25, -0.2) is 9.97 Å². The number of piperazine rings is 1. The van der Waals surface area contributed by atoms with Crippen LogP contribution in [0.25, 0.3) is 11.0 Å². The highest BCUT2D eigenvalue weighted by Gasteiger charge is 2.26. The molecule has 0 atom stereocenters. The van der Waals surface area contributed by atoms with Crippen molar-refractivity contribution in [2.24, 2.45) is 7.05 Å². The van der Waals surface area contributed by atoms with E-state index in [1.54, 1.807) is 16.0 Å². The molecule has 1 amide bonds. The fourth-order valence-electron chi connectivity index (χ4n) is 3.73. The van der Waals surface area contributed by atoms with Crippen LogP contribution in [0.1, 0.15) is 32.4 Å². The number of nitrogens with zero attached hydrogens (tertiary/aromatic N) is 6. The average molecular weight is 385 g/mol. The van der Waals surface area contributed by atoms with Crippen LogP contribution in [0, 0.1) is 20.8 Å². The van der Waals surface area contributed by atoms with Gasteiger partial charge in [0, 0.05) is 50.8 Å². The van der Waals surface area contributed by atoms with Gasteiger partial charge in [0.15, 0.2) is 5.65 Å². The lowest BCUT2D eigenvalue weighted by Gasteiger charge is -2.34. The van der Waals surface area contributed by atoms with Crippen LogP contribution in [0.15, 0.2) is 11.4 Å². The summed E-state index contributed by atoms with van der Waals surface area (Å²) in [6.45, 7) is 9.92. The van der Waals surface area contributed by atoms with Crippen molar-refractivity contribution >= 4 is 28.3 Å². The molecule has 1 saturated heterocycles. The van der Waals surface area contributed by atoms with Gasteiger partial charge in [0.1, 0.15) is 0 Å². The van der Waals surface area contributed by atoms with Crippen LogP contribution in [-0.2, 0) is 13.6 Å². The molecule has 0 bridgehead atoms. The van der Waals surface area contributed by atoms with Gasteiger partial charge in [-0.15, -0.1) is 11.3 Å². The maximum atomic E-state index is 13.2. The third kappa shape index (κ3) is 3.46. The van der Waals surface area contributed by atoms with E-state index in [1.807, 2.05) is 38.8 Å². The first-order valence-corrected chi connectivity index (χ1v) is 10.0. The molecule has 3 aromatic rings. The zero-order chi connectivity index (χ0) is 19.1. The van der Waals surface area contributed by atoms with E-state index in [2.05, 4.69) is 25.3 Å². The smallest absolute Gasteiger partial charge is 0.254 e. The fourth-order valence-corrected chi connectivity index (χ4v) is 4.33. The number of pyridine rings is 1. The van der Waals surface area contributed by atoms with Crippen molar-refractivity contribution in [2.75, 3.05) is 26.2 Å². The number of thiazole rings is 1. The van der Waals surface area contributed by atoms with Gasteiger partial charge in [-0.3, -0.25) is 14.4 Å². The second-order valence-electron chi connectivity index (χ2n) is 7.15. The molecule has 3 aromatic heterocycles. The Kier molecular flexibility index (Phi) is 4.69. The van der Waals surface area contributed by atoms with Crippen molar-refractivity contribution in [2.45, 2.75) is 27.3 Å². The summed E-state index contributed by atoms with van der Waals surface area (Å²) in [7, 11) is 1.87. The van der Waals surface area contributed by atoms with Gasteiger partial charge in [-0.1, -0.05) is 0 Å². The monoisotopic (exact) mass is 384 g/mol. The van der Waals surface area contributed by atoms with Crippen LogP contribution < -0.4 is 0 Å². The van der Waals surface area contributed by atoms with Crippen LogP contribution in [-0.4, -0.2) is 61.6 Å². The van der Waals surface area contributed by atoms with Crippen molar-refractivity contribution in [1.82, 2.24) is 29.5 Å². The van der Waals surface area contributed by atoms with E-state index < -0.39 is 0 Å². The molecule has 0 radical (unpaired) electrons. The number of fused-ring (bicyclic) bond motifs is 1. The first-order valence-electron chi connectivity index (χ1n) is 9.16. The minimum absolute atomic E-state index is 0.0748. The van der Waals surface area contributed by atoms with Crippen molar-refractivity contribution in [1.29, 1.82) is 0 Å². The fraction of sp³-hybridized carbons (Fsp3) is 0.474. The zero-order valence-corrected chi connectivity index (χ0v) is 17.0. The molecule has 1 fully saturated rings. The van der Waals surface area contributed by atoms with E-state index >= 15 is 0 Å². The molecular formula is C19H24N6OS. The highest BCUT2D eigenvalue weighted by Crippen LogP contribution is 2.23. The maximum absolute atomic E-state index is 13.2. The van der Waals surface area contributed by atoms with Crippen LogP contribution in [0.5, 0.6) is 0 Å². The first-order chi connectivity index (χ1) is 12.9. The Morgan fingerprint density at radius 2 is 1.89 bits per heavy atom. The second-order valence-corrected chi connectivity index (χ2v) is 8.21. The second kappa shape index (κ2) is 7.01. The molecule has 4 heterocycles. The lowest BCUT2D eigenvalue weighted by Crippen LogP contribution is -2.48. The minimum Gasteiger partial charge on any atom is -0.336 e. The Hall–Kier alpha value is -2.32. The normalized spacial score (nSPS) is 15.6. The number of carbonyl (C=O) groups is 1. The quantitative estimate of drug-likeness (QED) is 0.693. The summed E-state index contributed by atoms with van der Waals surface area (Å²) >= 11 is 1.69. The molecule has 4 rings (SSSR count). The number of aromatic nitrogens is 4. The first kappa shape index (κ1) is 18.1. The summed E-state index contributed by atoms with van der Waals surface area (Å²) in [5.41, 5.74) is 4.29. The van der Waals surface area contributed by atoms with Gasteiger partial charge in [0.05, 0.1) is 27.3 Å². The Morgan fingerprint density at radius 3 is 2.56 bits per heavy atom. The number of aryl methyl sites for hydroxylation is 4. The molecule has 1 aliphatic heterocycles. The molecule has 1 aliphatic rings. The van der Waals surface area contributed by atoms with Crippen molar-refractivity contribution in [3.63, 3.8) is 0 Å². The minimum atomic E-state index is 0.0748. The molecule has 0 N–H and O–H groups in total. The molecule has 0 aliphatic carbocycles. The molecule has 0 saturated carbocycles. The number of hydrogen-bond donors (Lipinski definition) is 0. The summed E-state index contributed by atoms with van der Waals surface area (Å²) in [6, 6.07) is 1.89. The third-order valence-electron chi connectivity index (χ3n) is 5.04. The van der Waals surface area contributed by atoms with E-state index in [1.165, 1.54) is 0 Å². The van der Waals surface area contributed by atoms with Gasteiger partial charge in [-0.2, -0.15) is 5.10 Å². The summed E-state index contributed by atoms with van der Waals surface area (Å²) in [5.74, 6) is 0.0748. The Morgan fingerprint density at radius 1 is 1.15 bits per heavy atom. The van der Waals surface area contributed by atoms with Crippen molar-refractivity contribution < 1.29 is 4.79 Å². The predicted octanol–water partition coefficient (Wildman–Crippen LogP) is 2.31. The van der Waals surface area contributed by atoms with Gasteiger partial charge >= 0.3 is 0 Å². The average Bonchev–Trinajstić information content (AvgIpc) is 3.17. The molecule has 0 unspecified atom stereocenters. The van der Waals surface area contributed by atoms with Crippen molar-refractivity contribution in [3.05, 3.63) is 39.1 Å². The molecule has 142 valence electrons. The molecule has 0 aromatic carbocycles. The van der Waals surface area contributed by atoms with E-state index in [0.717, 1.165) is 65.8 Å². The largest absolute Gasteiger partial charge is 0.336 e.